The van der Waals surface area contributed by atoms with Gasteiger partial charge in [0.1, 0.15) is 0 Å². The number of hydrogen-bond acceptors (Lipinski definition) is 0. The maximum atomic E-state index is 12.2. The van der Waals surface area contributed by atoms with Crippen LogP contribution in [0.25, 0.3) is 0 Å². The molecule has 0 N–H and O–H groups in total. The normalized spacial score (nSPS) is 19.5. The molecule has 0 radical (unpaired) electrons. The van der Waals surface area contributed by atoms with E-state index in [0.717, 1.165) is 52.7 Å². The molecular weight excluding hydrogens is 1050 g/mol. The van der Waals surface area contributed by atoms with E-state index >= 15 is 0 Å². The third-order valence-electron chi connectivity index (χ3n) is 19.5. The van der Waals surface area contributed by atoms with E-state index in [9.17, 15) is 26.3 Å². The van der Waals surface area contributed by atoms with Crippen LogP contribution in [0.4, 0.5) is 26.3 Å². The second-order valence-electron chi connectivity index (χ2n) is 26.3. The molecule has 0 unspecified atom stereocenters. The van der Waals surface area contributed by atoms with E-state index in [1.54, 1.807) is 0 Å². The minimum absolute atomic E-state index is 0.327. The topological polar surface area (TPSA) is 0 Å². The second kappa shape index (κ2) is 47.5. The van der Waals surface area contributed by atoms with Crippen LogP contribution in [0.5, 0.6) is 0 Å². The van der Waals surface area contributed by atoms with Crippen LogP contribution in [0.1, 0.15) is 342 Å². The largest absolute Gasteiger partial charge is 0.266 e. The maximum absolute atomic E-state index is 12.2. The van der Waals surface area contributed by atoms with Crippen LogP contribution in [0, 0.1) is 17.8 Å². The average molecular weight is 1170 g/mol. The van der Waals surface area contributed by atoms with Crippen molar-refractivity contribution in [2.24, 2.45) is 17.8 Å². The summed E-state index contributed by atoms with van der Waals surface area (Å²) in [4.78, 5) is 0. The summed E-state index contributed by atoms with van der Waals surface area (Å²) in [6.45, 7) is 6.84. The van der Waals surface area contributed by atoms with Crippen LogP contribution >= 0.6 is 0 Å². The maximum Gasteiger partial charge on any atom is 0.266 e. The molecule has 0 heterocycles. The van der Waals surface area contributed by atoms with Crippen LogP contribution in [-0.2, 0) is 19.3 Å². The van der Waals surface area contributed by atoms with Gasteiger partial charge in [-0.25, -0.2) is 0 Å². The molecule has 0 bridgehead atoms. The van der Waals surface area contributed by atoms with E-state index in [1.165, 1.54) is 286 Å². The molecule has 3 aromatic carbocycles. The van der Waals surface area contributed by atoms with Crippen LogP contribution in [0.3, 0.4) is 0 Å². The summed E-state index contributed by atoms with van der Waals surface area (Å²) in [6, 6.07) is 25.0. The molecule has 3 fully saturated rings. The van der Waals surface area contributed by atoms with Crippen molar-refractivity contribution in [3.8, 4) is 0 Å². The quantitative estimate of drug-likeness (QED) is 0.0394. The van der Waals surface area contributed by atoms with Gasteiger partial charge in [0.05, 0.1) is 0 Å². The molecule has 0 amide bonds. The van der Waals surface area contributed by atoms with Crippen LogP contribution in [-0.4, -0.2) is 0 Å². The third-order valence-corrected chi connectivity index (χ3v) is 19.5. The number of halogens is 6. The predicted octanol–water partition coefficient (Wildman–Crippen LogP) is 27.6. The Morgan fingerprint density at radius 2 is 0.464 bits per heavy atom. The van der Waals surface area contributed by atoms with E-state index in [1.807, 2.05) is 36.4 Å². The van der Waals surface area contributed by atoms with Crippen molar-refractivity contribution >= 4 is 0 Å². The zero-order valence-electron chi connectivity index (χ0n) is 53.7. The van der Waals surface area contributed by atoms with Gasteiger partial charge in [-0.3, -0.25) is 0 Å². The summed E-state index contributed by atoms with van der Waals surface area (Å²) in [5.41, 5.74) is 7.10. The fraction of sp³-hybridized carbons (Fsp3) is 0.692. The fourth-order valence-corrected chi connectivity index (χ4v) is 13.9. The van der Waals surface area contributed by atoms with Crippen LogP contribution in [0.15, 0.2) is 109 Å². The lowest BCUT2D eigenvalue weighted by molar-refractivity contribution is 0.301. The molecule has 0 saturated heterocycles. The first-order valence-corrected chi connectivity index (χ1v) is 35.4. The Balaban J connectivity index is 0.000000270. The van der Waals surface area contributed by atoms with E-state index in [2.05, 4.69) is 57.2 Å². The molecule has 0 aromatic heterocycles. The summed E-state index contributed by atoms with van der Waals surface area (Å²) in [7, 11) is 0. The number of allylic oxidation sites excluding steroid dienone is 3. The summed E-state index contributed by atoms with van der Waals surface area (Å²) in [6.07, 6.45) is 57.6. The van der Waals surface area contributed by atoms with Crippen molar-refractivity contribution in [2.75, 3.05) is 0 Å². The zero-order valence-corrected chi connectivity index (χ0v) is 53.7. The highest BCUT2D eigenvalue weighted by Gasteiger charge is 2.24. The lowest BCUT2D eigenvalue weighted by Gasteiger charge is -2.29. The second-order valence-corrected chi connectivity index (χ2v) is 26.3. The van der Waals surface area contributed by atoms with E-state index in [-0.39, 0.29) is 0 Å². The smallest absolute Gasteiger partial charge is 0.174 e. The first-order valence-electron chi connectivity index (χ1n) is 35.4. The van der Waals surface area contributed by atoms with E-state index < -0.39 is 18.2 Å². The van der Waals surface area contributed by atoms with Crippen molar-refractivity contribution in [2.45, 2.75) is 327 Å². The first-order chi connectivity index (χ1) is 41.1. The van der Waals surface area contributed by atoms with E-state index in [0.29, 0.717) is 37.0 Å². The van der Waals surface area contributed by atoms with E-state index in [4.69, 9.17) is 0 Å². The number of hydrogen-bond donors (Lipinski definition) is 0. The predicted molar refractivity (Wildman–Crippen MR) is 351 cm³/mol. The van der Waals surface area contributed by atoms with Crippen LogP contribution in [0.2, 0.25) is 0 Å². The standard InChI is InChI=1S/C27H42F2.C26H40F2.C25H38F2/c1-2-3-4-5-6-7-8-9-10-11-12-23-13-18-25(19-14-23)26-20-15-24(16-21-26)17-22-27(28)29;1-2-3-4-5-6-7-8-9-10-11-22-12-17-24(18-13-22)25-19-14-23(15-20-25)16-21-26(27)28;1-2-3-4-5-6-7-8-9-10-21-11-16-23(17-12-21)24-18-13-22(14-19-24)15-20-25(26)27/h15-16,20-23,25H,2-14,17-19H2,1H3;14-15,19-22,24H,2-13,16-18H2,1H3;13-14,18-21,23H,2-12,15-17H2,1H3. The molecule has 0 atom stereocenters. The third kappa shape index (κ3) is 34.7. The van der Waals surface area contributed by atoms with Crippen molar-refractivity contribution < 1.29 is 26.3 Å². The van der Waals surface area contributed by atoms with Crippen molar-refractivity contribution in [3.63, 3.8) is 0 Å². The minimum Gasteiger partial charge on any atom is -0.174 e. The SMILES string of the molecule is CCCCCCCCCCC1CCC(c2ccc(CC=C(F)F)cc2)CC1.CCCCCCCCCCCC1CCC(c2ccc(CC=C(F)F)cc2)CC1.CCCCCCCCCCCCC1CCC(c2ccc(CC=C(F)F)cc2)CC1. The lowest BCUT2D eigenvalue weighted by atomic mass is 9.77. The Morgan fingerprint density at radius 1 is 0.274 bits per heavy atom. The first kappa shape index (κ1) is 72.9. The summed E-state index contributed by atoms with van der Waals surface area (Å²) in [5.74, 6) is 4.79. The Labute approximate surface area is 511 Å². The average Bonchev–Trinajstić information content (AvgIpc) is 3.68. The molecule has 6 heteroatoms. The van der Waals surface area contributed by atoms with Gasteiger partial charge >= 0.3 is 0 Å². The van der Waals surface area contributed by atoms with Gasteiger partial charge in [-0.15, -0.1) is 0 Å². The lowest BCUT2D eigenvalue weighted by Crippen LogP contribution is -2.13. The summed E-state index contributed by atoms with van der Waals surface area (Å²) in [5, 5.41) is 0. The highest BCUT2D eigenvalue weighted by atomic mass is 19.3. The van der Waals surface area contributed by atoms with Crippen molar-refractivity contribution in [1.82, 2.24) is 0 Å². The number of unbranched alkanes of at least 4 members (excludes halogenated alkanes) is 24. The molecule has 6 rings (SSSR count). The Morgan fingerprint density at radius 3 is 0.655 bits per heavy atom. The van der Waals surface area contributed by atoms with Gasteiger partial charge in [0.25, 0.3) is 18.2 Å². The zero-order chi connectivity index (χ0) is 60.1. The van der Waals surface area contributed by atoms with Gasteiger partial charge in [0, 0.05) is 0 Å². The molecule has 0 spiro atoms. The van der Waals surface area contributed by atoms with Gasteiger partial charge in [0.15, 0.2) is 0 Å². The van der Waals surface area contributed by atoms with Crippen molar-refractivity contribution in [3.05, 3.63) is 143 Å². The van der Waals surface area contributed by atoms with Crippen molar-refractivity contribution in [1.29, 1.82) is 0 Å². The minimum atomic E-state index is -1.59. The summed E-state index contributed by atoms with van der Waals surface area (Å²) >= 11 is 0. The summed E-state index contributed by atoms with van der Waals surface area (Å²) < 4.78 is 73.2. The van der Waals surface area contributed by atoms with Gasteiger partial charge in [-0.1, -0.05) is 286 Å². The Bertz CT molecular complexity index is 2080. The molecule has 0 nitrogen and oxygen atoms in total. The molecule has 3 aromatic rings. The monoisotopic (exact) mass is 1170 g/mol. The van der Waals surface area contributed by atoms with Gasteiger partial charge < -0.3 is 0 Å². The van der Waals surface area contributed by atoms with Gasteiger partial charge in [0.2, 0.25) is 0 Å². The molecular formula is C78H120F6. The fourth-order valence-electron chi connectivity index (χ4n) is 13.9. The Hall–Kier alpha value is -3.54. The van der Waals surface area contributed by atoms with Gasteiger partial charge in [-0.2, -0.15) is 26.3 Å². The number of benzene rings is 3. The molecule has 84 heavy (non-hydrogen) atoms. The molecule has 3 aliphatic carbocycles. The van der Waals surface area contributed by atoms with Crippen LogP contribution < -0.4 is 0 Å². The molecule has 3 saturated carbocycles. The number of rotatable bonds is 39. The highest BCUT2D eigenvalue weighted by Crippen LogP contribution is 2.41. The Kier molecular flexibility index (Phi) is 41.3. The molecule has 0 aliphatic heterocycles. The molecule has 3 aliphatic rings. The van der Waals surface area contributed by atoms with Gasteiger partial charge in [-0.05, 0) is 183 Å². The highest BCUT2D eigenvalue weighted by molar-refractivity contribution is 5.29. The molecule has 474 valence electrons.